The number of benzene rings is 3. The Bertz CT molecular complexity index is 1420. The van der Waals surface area contributed by atoms with E-state index in [0.29, 0.717) is 43.5 Å². The summed E-state index contributed by atoms with van der Waals surface area (Å²) in [6.45, 7) is 0. The number of pyridine rings is 1. The third kappa shape index (κ3) is 4.55. The number of aromatic nitrogens is 1. The van der Waals surface area contributed by atoms with Gasteiger partial charge in [0.15, 0.2) is 0 Å². The van der Waals surface area contributed by atoms with E-state index in [-0.39, 0.29) is 10.8 Å². The summed E-state index contributed by atoms with van der Waals surface area (Å²) in [6.07, 6.45) is 0. The van der Waals surface area contributed by atoms with Crippen molar-refractivity contribution in [1.82, 2.24) is 4.98 Å². The number of halogens is 2. The van der Waals surface area contributed by atoms with Crippen molar-refractivity contribution in [2.75, 3.05) is 5.32 Å². The second kappa shape index (κ2) is 8.28. The number of hydrogen-bond donors (Lipinski definition) is 2. The number of carbonyl (C=O) groups is 1. The van der Waals surface area contributed by atoms with Gasteiger partial charge in [0, 0.05) is 21.7 Å². The third-order valence-electron chi connectivity index (χ3n) is 4.61. The lowest BCUT2D eigenvalue weighted by atomic mass is 10.0. The standard InChI is InChI=1S/C22H15Cl2N3O3S/c23-13-5-10-17(19(24)11-13)21-12-18(16-3-1-2-4-20(16)27-21)22(28)26-14-6-8-15(9-7-14)31(25,29)30/h1-12H,(H,26,28)(H2,25,29,30). The van der Waals surface area contributed by atoms with Gasteiger partial charge in [-0.2, -0.15) is 0 Å². The minimum atomic E-state index is -3.82. The monoisotopic (exact) mass is 471 g/mol. The van der Waals surface area contributed by atoms with Gasteiger partial charge in [-0.25, -0.2) is 18.5 Å². The third-order valence-corrected chi connectivity index (χ3v) is 6.09. The van der Waals surface area contributed by atoms with Crippen molar-refractivity contribution in [3.05, 3.63) is 88.4 Å². The van der Waals surface area contributed by atoms with Gasteiger partial charge < -0.3 is 5.32 Å². The van der Waals surface area contributed by atoms with Crippen LogP contribution in [0.1, 0.15) is 10.4 Å². The van der Waals surface area contributed by atoms with Gasteiger partial charge in [-0.05, 0) is 54.6 Å². The van der Waals surface area contributed by atoms with Crippen molar-refractivity contribution < 1.29 is 13.2 Å². The molecule has 0 radical (unpaired) electrons. The van der Waals surface area contributed by atoms with Gasteiger partial charge in [-0.1, -0.05) is 41.4 Å². The van der Waals surface area contributed by atoms with Crippen molar-refractivity contribution in [3.63, 3.8) is 0 Å². The Balaban J connectivity index is 1.76. The number of nitrogens with two attached hydrogens (primary N) is 1. The molecule has 0 atom stereocenters. The molecule has 0 bridgehead atoms. The molecule has 3 aromatic carbocycles. The zero-order chi connectivity index (χ0) is 22.2. The van der Waals surface area contributed by atoms with Crippen LogP contribution >= 0.6 is 23.2 Å². The summed E-state index contributed by atoms with van der Waals surface area (Å²) in [5.41, 5.74) is 2.60. The molecular weight excluding hydrogens is 457 g/mol. The fourth-order valence-electron chi connectivity index (χ4n) is 3.12. The number of carbonyl (C=O) groups excluding carboxylic acids is 1. The lowest BCUT2D eigenvalue weighted by molar-refractivity contribution is 0.102. The van der Waals surface area contributed by atoms with Crippen molar-refractivity contribution in [2.45, 2.75) is 4.90 Å². The number of amides is 1. The first-order chi connectivity index (χ1) is 14.7. The molecule has 1 amide bonds. The van der Waals surface area contributed by atoms with Gasteiger partial charge in [-0.15, -0.1) is 0 Å². The van der Waals surface area contributed by atoms with Crippen molar-refractivity contribution in [2.24, 2.45) is 5.14 Å². The molecule has 0 aliphatic heterocycles. The zero-order valence-electron chi connectivity index (χ0n) is 15.8. The number of hydrogen-bond acceptors (Lipinski definition) is 4. The summed E-state index contributed by atoms with van der Waals surface area (Å²) in [5, 5.41) is 9.46. The smallest absolute Gasteiger partial charge is 0.256 e. The van der Waals surface area contributed by atoms with Gasteiger partial charge in [-0.3, -0.25) is 4.79 Å². The summed E-state index contributed by atoms with van der Waals surface area (Å²) in [6, 6.07) is 19.6. The number of para-hydroxylation sites is 1. The Labute approximate surface area is 188 Å². The second-order valence-corrected chi connectivity index (χ2v) is 9.12. The van der Waals surface area contributed by atoms with Crippen LogP contribution in [0.3, 0.4) is 0 Å². The largest absolute Gasteiger partial charge is 0.322 e. The van der Waals surface area contributed by atoms with Crippen molar-refractivity contribution in [3.8, 4) is 11.3 Å². The Morgan fingerprint density at radius 2 is 1.65 bits per heavy atom. The molecule has 9 heteroatoms. The number of sulfonamides is 1. The molecule has 3 N–H and O–H groups in total. The summed E-state index contributed by atoms with van der Waals surface area (Å²) < 4.78 is 22.8. The van der Waals surface area contributed by atoms with Gasteiger partial charge in [0.25, 0.3) is 5.91 Å². The van der Waals surface area contributed by atoms with Gasteiger partial charge >= 0.3 is 0 Å². The van der Waals surface area contributed by atoms with Gasteiger partial charge in [0.2, 0.25) is 10.0 Å². The predicted octanol–water partition coefficient (Wildman–Crippen LogP) is 5.11. The molecule has 0 unspecified atom stereocenters. The van der Waals surface area contributed by atoms with E-state index in [1.165, 1.54) is 24.3 Å². The maximum Gasteiger partial charge on any atom is 0.256 e. The van der Waals surface area contributed by atoms with Crippen LogP contribution < -0.4 is 10.5 Å². The first kappa shape index (κ1) is 21.3. The number of rotatable bonds is 4. The Morgan fingerprint density at radius 3 is 2.32 bits per heavy atom. The maximum atomic E-state index is 13.1. The van der Waals surface area contributed by atoms with E-state index in [1.54, 1.807) is 36.4 Å². The molecule has 6 nitrogen and oxygen atoms in total. The highest BCUT2D eigenvalue weighted by Crippen LogP contribution is 2.32. The fraction of sp³-hybridized carbons (Fsp3) is 0. The average molecular weight is 472 g/mol. The number of nitrogens with one attached hydrogen (secondary N) is 1. The minimum Gasteiger partial charge on any atom is -0.322 e. The highest BCUT2D eigenvalue weighted by atomic mass is 35.5. The molecule has 0 aliphatic carbocycles. The zero-order valence-corrected chi connectivity index (χ0v) is 18.2. The summed E-state index contributed by atoms with van der Waals surface area (Å²) >= 11 is 12.3. The van der Waals surface area contributed by atoms with Crippen LogP contribution in [0.5, 0.6) is 0 Å². The average Bonchev–Trinajstić information content (AvgIpc) is 2.72. The van der Waals surface area contributed by atoms with Crippen LogP contribution in [-0.4, -0.2) is 19.3 Å². The first-order valence-electron chi connectivity index (χ1n) is 9.02. The molecule has 1 heterocycles. The van der Waals surface area contributed by atoms with Crippen LogP contribution in [0.4, 0.5) is 5.69 Å². The molecule has 0 aliphatic rings. The highest BCUT2D eigenvalue weighted by molar-refractivity contribution is 7.89. The fourth-order valence-corrected chi connectivity index (χ4v) is 4.15. The van der Waals surface area contributed by atoms with E-state index in [0.717, 1.165) is 0 Å². The van der Waals surface area contributed by atoms with Crippen LogP contribution in [0.25, 0.3) is 22.2 Å². The van der Waals surface area contributed by atoms with E-state index >= 15 is 0 Å². The van der Waals surface area contributed by atoms with Crippen molar-refractivity contribution in [1.29, 1.82) is 0 Å². The normalized spacial score (nSPS) is 11.5. The summed E-state index contributed by atoms with van der Waals surface area (Å²) in [5.74, 6) is -0.381. The van der Waals surface area contributed by atoms with E-state index in [1.807, 2.05) is 12.1 Å². The van der Waals surface area contributed by atoms with E-state index in [2.05, 4.69) is 10.3 Å². The van der Waals surface area contributed by atoms with E-state index < -0.39 is 10.0 Å². The van der Waals surface area contributed by atoms with Crippen LogP contribution in [0.15, 0.2) is 77.7 Å². The lowest BCUT2D eigenvalue weighted by Gasteiger charge is -2.12. The minimum absolute atomic E-state index is 0.0421. The Kier molecular flexibility index (Phi) is 5.68. The maximum absolute atomic E-state index is 13.1. The molecule has 1 aromatic heterocycles. The van der Waals surface area contributed by atoms with Crippen LogP contribution in [0, 0.1) is 0 Å². The summed E-state index contributed by atoms with van der Waals surface area (Å²) in [7, 11) is -3.82. The molecule has 0 saturated carbocycles. The molecule has 4 aromatic rings. The first-order valence-corrected chi connectivity index (χ1v) is 11.3. The van der Waals surface area contributed by atoms with Gasteiger partial charge in [0.05, 0.1) is 26.7 Å². The molecule has 31 heavy (non-hydrogen) atoms. The number of anilines is 1. The van der Waals surface area contributed by atoms with Crippen molar-refractivity contribution >= 4 is 55.7 Å². The number of primary sulfonamides is 1. The Morgan fingerprint density at radius 1 is 0.935 bits per heavy atom. The molecular formula is C22H15Cl2N3O3S. The number of nitrogens with zero attached hydrogens (tertiary/aromatic N) is 1. The molecule has 0 saturated heterocycles. The Hall–Kier alpha value is -2.97. The molecule has 0 fully saturated rings. The molecule has 156 valence electrons. The van der Waals surface area contributed by atoms with E-state index in [4.69, 9.17) is 28.3 Å². The van der Waals surface area contributed by atoms with Crippen LogP contribution in [0.2, 0.25) is 10.0 Å². The molecule has 0 spiro atoms. The SMILES string of the molecule is NS(=O)(=O)c1ccc(NC(=O)c2cc(-c3ccc(Cl)cc3Cl)nc3ccccc23)cc1. The summed E-state index contributed by atoms with van der Waals surface area (Å²) in [4.78, 5) is 17.7. The number of fused-ring (bicyclic) bond motifs is 1. The molecule has 4 rings (SSSR count). The lowest BCUT2D eigenvalue weighted by Crippen LogP contribution is -2.14. The quantitative estimate of drug-likeness (QED) is 0.431. The van der Waals surface area contributed by atoms with E-state index in [9.17, 15) is 13.2 Å². The van der Waals surface area contributed by atoms with Crippen LogP contribution in [-0.2, 0) is 10.0 Å². The topological polar surface area (TPSA) is 102 Å². The predicted molar refractivity (Wildman–Crippen MR) is 123 cm³/mol. The second-order valence-electron chi connectivity index (χ2n) is 6.72. The van der Waals surface area contributed by atoms with Gasteiger partial charge in [0.1, 0.15) is 0 Å². The highest BCUT2D eigenvalue weighted by Gasteiger charge is 2.16.